The average molecular weight is 315 g/mol. The van der Waals surface area contributed by atoms with E-state index in [-0.39, 0.29) is 11.0 Å². The van der Waals surface area contributed by atoms with E-state index < -0.39 is 0 Å². The molecule has 2 aliphatic heterocycles. The molecule has 2 fully saturated rings. The third-order valence-corrected chi connectivity index (χ3v) is 6.18. The molecular formula is C20H29NO2. The number of aldehydes is 1. The van der Waals surface area contributed by atoms with Crippen molar-refractivity contribution in [3.05, 3.63) is 35.9 Å². The van der Waals surface area contributed by atoms with Crippen LogP contribution in [0.2, 0.25) is 0 Å². The molecule has 0 N–H and O–H groups in total. The first-order chi connectivity index (χ1) is 11.1. The van der Waals surface area contributed by atoms with Crippen LogP contribution in [0.4, 0.5) is 0 Å². The van der Waals surface area contributed by atoms with Crippen LogP contribution in [0.5, 0.6) is 0 Å². The van der Waals surface area contributed by atoms with Gasteiger partial charge in [0, 0.05) is 38.1 Å². The van der Waals surface area contributed by atoms with Gasteiger partial charge in [0.25, 0.3) is 0 Å². The molecule has 3 rings (SSSR count). The Morgan fingerprint density at radius 1 is 1.30 bits per heavy atom. The summed E-state index contributed by atoms with van der Waals surface area (Å²) >= 11 is 0. The minimum atomic E-state index is -0.0808. The molecular weight excluding hydrogens is 286 g/mol. The summed E-state index contributed by atoms with van der Waals surface area (Å²) in [7, 11) is 1.82. The van der Waals surface area contributed by atoms with Crippen LogP contribution in [0, 0.1) is 0 Å². The molecule has 3 unspecified atom stereocenters. The monoisotopic (exact) mass is 315 g/mol. The van der Waals surface area contributed by atoms with Gasteiger partial charge in [0.2, 0.25) is 0 Å². The van der Waals surface area contributed by atoms with Crippen LogP contribution in [0.15, 0.2) is 30.3 Å². The lowest BCUT2D eigenvalue weighted by Crippen LogP contribution is -2.57. The van der Waals surface area contributed by atoms with Gasteiger partial charge in [-0.25, -0.2) is 0 Å². The first-order valence-corrected chi connectivity index (χ1v) is 8.89. The number of benzene rings is 1. The number of piperidine rings is 2. The summed E-state index contributed by atoms with van der Waals surface area (Å²) in [6.45, 7) is 4.62. The van der Waals surface area contributed by atoms with E-state index in [9.17, 15) is 4.79 Å². The molecule has 3 atom stereocenters. The lowest BCUT2D eigenvalue weighted by molar-refractivity contribution is -0.114. The average Bonchev–Trinajstić information content (AvgIpc) is 2.61. The quantitative estimate of drug-likeness (QED) is 0.778. The largest absolute Gasteiger partial charge is 0.378 e. The molecule has 2 saturated heterocycles. The van der Waals surface area contributed by atoms with Crippen molar-refractivity contribution < 1.29 is 9.53 Å². The van der Waals surface area contributed by atoms with Gasteiger partial charge in [0.05, 0.1) is 5.60 Å². The van der Waals surface area contributed by atoms with E-state index in [2.05, 4.69) is 42.2 Å². The molecule has 3 heteroatoms. The Morgan fingerprint density at radius 3 is 2.78 bits per heavy atom. The van der Waals surface area contributed by atoms with Crippen molar-refractivity contribution >= 4 is 6.29 Å². The molecule has 2 aliphatic rings. The summed E-state index contributed by atoms with van der Waals surface area (Å²) in [6.07, 6.45) is 7.07. The molecule has 0 aromatic heterocycles. The summed E-state index contributed by atoms with van der Waals surface area (Å²) in [5.74, 6) is 0. The highest BCUT2D eigenvalue weighted by Gasteiger charge is 2.45. The van der Waals surface area contributed by atoms with Crippen LogP contribution in [-0.2, 0) is 14.9 Å². The van der Waals surface area contributed by atoms with Gasteiger partial charge in [0.1, 0.15) is 6.29 Å². The third-order valence-electron chi connectivity index (χ3n) is 6.18. The summed E-state index contributed by atoms with van der Waals surface area (Å²) in [5.41, 5.74) is 1.64. The molecule has 0 amide bonds. The number of rotatable bonds is 5. The molecule has 0 spiro atoms. The lowest BCUT2D eigenvalue weighted by Gasteiger charge is -2.52. The van der Waals surface area contributed by atoms with Gasteiger partial charge >= 0.3 is 0 Å². The second kappa shape index (κ2) is 6.74. The maximum atomic E-state index is 10.8. The molecule has 2 heterocycles. The van der Waals surface area contributed by atoms with E-state index in [0.717, 1.165) is 38.6 Å². The van der Waals surface area contributed by atoms with Crippen LogP contribution in [0.3, 0.4) is 0 Å². The van der Waals surface area contributed by atoms with E-state index >= 15 is 0 Å². The molecule has 3 nitrogen and oxygen atoms in total. The summed E-state index contributed by atoms with van der Waals surface area (Å²) in [4.78, 5) is 13.4. The van der Waals surface area contributed by atoms with Crippen molar-refractivity contribution in [1.29, 1.82) is 0 Å². The third kappa shape index (κ3) is 3.36. The fourth-order valence-electron chi connectivity index (χ4n) is 4.61. The molecule has 126 valence electrons. The molecule has 0 radical (unpaired) electrons. The molecule has 1 aromatic rings. The zero-order valence-electron chi connectivity index (χ0n) is 14.5. The lowest BCUT2D eigenvalue weighted by atomic mass is 9.70. The van der Waals surface area contributed by atoms with Crippen molar-refractivity contribution in [3.8, 4) is 0 Å². The Bertz CT molecular complexity index is 532. The SMILES string of the molecule is COC1(CCC=O)CCN2CC(C)(c3ccccc3)CCC2C1. The van der Waals surface area contributed by atoms with E-state index in [1.54, 1.807) is 0 Å². The van der Waals surface area contributed by atoms with Crippen molar-refractivity contribution in [2.24, 2.45) is 0 Å². The van der Waals surface area contributed by atoms with Gasteiger partial charge in [-0.3, -0.25) is 4.90 Å². The Labute approximate surface area is 140 Å². The van der Waals surface area contributed by atoms with Crippen LogP contribution >= 0.6 is 0 Å². The number of carbonyl (C=O) groups is 1. The summed E-state index contributed by atoms with van der Waals surface area (Å²) in [5, 5.41) is 0. The molecule has 0 saturated carbocycles. The van der Waals surface area contributed by atoms with Crippen molar-refractivity contribution in [1.82, 2.24) is 4.90 Å². The number of nitrogens with zero attached hydrogens (tertiary/aromatic N) is 1. The van der Waals surface area contributed by atoms with Crippen molar-refractivity contribution in [2.75, 3.05) is 20.2 Å². The molecule has 0 aliphatic carbocycles. The van der Waals surface area contributed by atoms with Crippen LogP contribution < -0.4 is 0 Å². The minimum absolute atomic E-state index is 0.0808. The van der Waals surface area contributed by atoms with Crippen molar-refractivity contribution in [3.63, 3.8) is 0 Å². The molecule has 1 aromatic carbocycles. The first kappa shape index (κ1) is 16.7. The van der Waals surface area contributed by atoms with E-state index in [4.69, 9.17) is 4.74 Å². The van der Waals surface area contributed by atoms with Gasteiger partial charge in [-0.1, -0.05) is 37.3 Å². The van der Waals surface area contributed by atoms with Crippen molar-refractivity contribution in [2.45, 2.75) is 62.5 Å². The minimum Gasteiger partial charge on any atom is -0.378 e. The first-order valence-electron chi connectivity index (χ1n) is 8.89. The Balaban J connectivity index is 1.70. The highest BCUT2D eigenvalue weighted by molar-refractivity contribution is 5.49. The maximum Gasteiger partial charge on any atom is 0.120 e. The van der Waals surface area contributed by atoms with Gasteiger partial charge in [-0.2, -0.15) is 0 Å². The number of ether oxygens (including phenoxy) is 1. The molecule has 0 bridgehead atoms. The number of hydrogen-bond acceptors (Lipinski definition) is 3. The highest BCUT2D eigenvalue weighted by atomic mass is 16.5. The van der Waals surface area contributed by atoms with Gasteiger partial charge in [-0.05, 0) is 37.7 Å². The maximum absolute atomic E-state index is 10.8. The highest BCUT2D eigenvalue weighted by Crippen LogP contribution is 2.42. The predicted molar refractivity (Wildman–Crippen MR) is 92.7 cm³/mol. The second-order valence-corrected chi connectivity index (χ2v) is 7.64. The van der Waals surface area contributed by atoms with Gasteiger partial charge in [-0.15, -0.1) is 0 Å². The zero-order valence-corrected chi connectivity index (χ0v) is 14.5. The predicted octanol–water partition coefficient (Wildman–Crippen LogP) is 3.57. The fourth-order valence-corrected chi connectivity index (χ4v) is 4.61. The van der Waals surface area contributed by atoms with E-state index in [0.29, 0.717) is 12.5 Å². The smallest absolute Gasteiger partial charge is 0.120 e. The number of methoxy groups -OCH3 is 1. The summed E-state index contributed by atoms with van der Waals surface area (Å²) in [6, 6.07) is 11.5. The second-order valence-electron chi connectivity index (χ2n) is 7.64. The summed E-state index contributed by atoms with van der Waals surface area (Å²) < 4.78 is 5.88. The van der Waals surface area contributed by atoms with Crippen LogP contribution in [-0.4, -0.2) is 43.0 Å². The van der Waals surface area contributed by atoms with Gasteiger partial charge in [0.15, 0.2) is 0 Å². The van der Waals surface area contributed by atoms with Gasteiger partial charge < -0.3 is 9.53 Å². The number of fused-ring (bicyclic) bond motifs is 1. The van der Waals surface area contributed by atoms with Crippen LogP contribution in [0.25, 0.3) is 0 Å². The standard InChI is InChI=1S/C20H29NO2/c1-19(17-7-4-3-5-8-17)11-9-18-15-20(23-2,10-6-14-22)12-13-21(18)16-19/h3-5,7-8,14,18H,6,9-13,15-16H2,1-2H3. The zero-order chi connectivity index (χ0) is 16.3. The molecule has 23 heavy (non-hydrogen) atoms. The Kier molecular flexibility index (Phi) is 4.88. The van der Waals surface area contributed by atoms with Crippen LogP contribution in [0.1, 0.15) is 51.0 Å². The number of hydrogen-bond donors (Lipinski definition) is 0. The number of carbonyl (C=O) groups excluding carboxylic acids is 1. The topological polar surface area (TPSA) is 29.5 Å². The van der Waals surface area contributed by atoms with E-state index in [1.165, 1.54) is 18.4 Å². The van der Waals surface area contributed by atoms with E-state index in [1.807, 2.05) is 7.11 Å². The normalized spacial score (nSPS) is 34.8. The Morgan fingerprint density at radius 2 is 2.09 bits per heavy atom. The fraction of sp³-hybridized carbons (Fsp3) is 0.650. The Hall–Kier alpha value is -1.19.